The zero-order valence-corrected chi connectivity index (χ0v) is 16.8. The van der Waals surface area contributed by atoms with E-state index in [-0.39, 0.29) is 0 Å². The molecule has 0 spiro atoms. The molecule has 0 aliphatic rings. The van der Waals surface area contributed by atoms with E-state index in [1.54, 1.807) is 6.20 Å². The molecule has 0 fully saturated rings. The zero-order valence-electron chi connectivity index (χ0n) is 16.0. The third-order valence-electron chi connectivity index (χ3n) is 4.35. The highest BCUT2D eigenvalue weighted by Gasteiger charge is 2.07. The average Bonchev–Trinajstić information content (AvgIpc) is 3.34. The van der Waals surface area contributed by atoms with E-state index in [1.165, 1.54) is 11.3 Å². The molecule has 0 bridgehead atoms. The maximum atomic E-state index is 5.35. The van der Waals surface area contributed by atoms with Crippen molar-refractivity contribution in [2.45, 2.75) is 46.8 Å². The van der Waals surface area contributed by atoms with E-state index in [0.717, 1.165) is 37.4 Å². The Hall–Kier alpha value is -2.68. The van der Waals surface area contributed by atoms with Crippen LogP contribution in [0.1, 0.15) is 30.3 Å². The van der Waals surface area contributed by atoms with Crippen LogP contribution in [0.15, 0.2) is 30.9 Å². The molecule has 9 heteroatoms. The fourth-order valence-corrected chi connectivity index (χ4v) is 3.07. The number of nitrogens with zero attached hydrogens (tertiary/aromatic N) is 6. The van der Waals surface area contributed by atoms with Gasteiger partial charge in [-0.2, -0.15) is 15.3 Å². The number of aryl methyl sites for hydroxylation is 3. The highest BCUT2D eigenvalue weighted by molar-refractivity contribution is 7.80. The minimum atomic E-state index is 0.598. The Kier molecular flexibility index (Phi) is 6.23. The van der Waals surface area contributed by atoms with Crippen LogP contribution in [0.4, 0.5) is 5.69 Å². The largest absolute Gasteiger partial charge is 0.362 e. The van der Waals surface area contributed by atoms with Gasteiger partial charge < -0.3 is 10.6 Å². The fourth-order valence-electron chi connectivity index (χ4n) is 2.85. The summed E-state index contributed by atoms with van der Waals surface area (Å²) in [6.07, 6.45) is 8.57. The monoisotopic (exact) mass is 386 g/mol. The van der Waals surface area contributed by atoms with Gasteiger partial charge in [-0.3, -0.25) is 14.0 Å². The zero-order chi connectivity index (χ0) is 19.2. The lowest BCUT2D eigenvalue weighted by Gasteiger charge is -2.09. The summed E-state index contributed by atoms with van der Waals surface area (Å²) in [6.45, 7) is 9.38. The van der Waals surface area contributed by atoms with Gasteiger partial charge in [0.25, 0.3) is 0 Å². The Bertz CT molecular complexity index is 891. The molecule has 3 heterocycles. The first kappa shape index (κ1) is 19.1. The van der Waals surface area contributed by atoms with E-state index in [4.69, 9.17) is 12.2 Å². The summed E-state index contributed by atoms with van der Waals surface area (Å²) in [7, 11) is 0. The summed E-state index contributed by atoms with van der Waals surface area (Å²) in [5.41, 5.74) is 4.25. The molecule has 8 nitrogen and oxygen atoms in total. The molecule has 0 amide bonds. The normalized spacial score (nSPS) is 10.9. The van der Waals surface area contributed by atoms with Crippen LogP contribution in [0.25, 0.3) is 0 Å². The number of thiocarbonyl (C=S) groups is 1. The third-order valence-corrected chi connectivity index (χ3v) is 4.60. The van der Waals surface area contributed by atoms with Gasteiger partial charge in [0.15, 0.2) is 5.11 Å². The summed E-state index contributed by atoms with van der Waals surface area (Å²) < 4.78 is 5.82. The molecule has 0 unspecified atom stereocenters. The van der Waals surface area contributed by atoms with Crippen molar-refractivity contribution in [1.29, 1.82) is 0 Å². The van der Waals surface area contributed by atoms with E-state index in [9.17, 15) is 0 Å². The van der Waals surface area contributed by atoms with Crippen molar-refractivity contribution < 1.29 is 0 Å². The van der Waals surface area contributed by atoms with Crippen molar-refractivity contribution in [3.05, 3.63) is 47.8 Å². The van der Waals surface area contributed by atoms with Gasteiger partial charge in [0.05, 0.1) is 30.3 Å². The van der Waals surface area contributed by atoms with Gasteiger partial charge in [-0.1, -0.05) is 0 Å². The van der Waals surface area contributed by atoms with E-state index >= 15 is 0 Å². The van der Waals surface area contributed by atoms with Gasteiger partial charge in [-0.25, -0.2) is 0 Å². The van der Waals surface area contributed by atoms with E-state index < -0.39 is 0 Å². The number of nitrogens with one attached hydrogen (secondary N) is 2. The van der Waals surface area contributed by atoms with Crippen LogP contribution in [-0.4, -0.2) is 41.0 Å². The highest BCUT2D eigenvalue weighted by Crippen LogP contribution is 2.11. The number of rotatable bonds is 8. The molecule has 0 aliphatic heterocycles. The first-order valence-corrected chi connectivity index (χ1v) is 9.54. The topological polar surface area (TPSA) is 77.5 Å². The number of hydrogen-bond donors (Lipinski definition) is 2. The molecule has 144 valence electrons. The van der Waals surface area contributed by atoms with Crippen LogP contribution in [-0.2, 0) is 19.6 Å². The molecular formula is C18H26N8S. The van der Waals surface area contributed by atoms with Gasteiger partial charge in [0.1, 0.15) is 0 Å². The van der Waals surface area contributed by atoms with E-state index in [1.807, 2.05) is 45.6 Å². The van der Waals surface area contributed by atoms with Gasteiger partial charge in [-0.05, 0) is 45.5 Å². The van der Waals surface area contributed by atoms with Crippen LogP contribution >= 0.6 is 12.2 Å². The molecule has 0 aromatic carbocycles. The molecule has 27 heavy (non-hydrogen) atoms. The standard InChI is InChI=1S/C18H26N8S/c1-4-26-15(3)16(10-21-26)12-25-13-17(11-20-25)22-18(27)19-7-5-8-24-9-6-14(2)23-24/h6,9-11,13H,4-5,7-8,12H2,1-3H3,(H2,19,22,27). The molecule has 3 rings (SSSR count). The lowest BCUT2D eigenvalue weighted by atomic mass is 10.2. The van der Waals surface area contributed by atoms with Crippen LogP contribution < -0.4 is 10.6 Å². The van der Waals surface area contributed by atoms with E-state index in [2.05, 4.69) is 39.8 Å². The predicted molar refractivity (Wildman–Crippen MR) is 110 cm³/mol. The Morgan fingerprint density at radius 1 is 1.19 bits per heavy atom. The second-order valence-electron chi connectivity index (χ2n) is 6.45. The SMILES string of the molecule is CCn1ncc(Cn2cc(NC(=S)NCCCn3ccc(C)n3)cn2)c1C. The molecule has 0 radical (unpaired) electrons. The van der Waals surface area contributed by atoms with Crippen molar-refractivity contribution >= 4 is 23.0 Å². The molecule has 0 saturated heterocycles. The van der Waals surface area contributed by atoms with Crippen LogP contribution in [0, 0.1) is 13.8 Å². The molecule has 3 aromatic rings. The lowest BCUT2D eigenvalue weighted by molar-refractivity contribution is 0.570. The molecule has 0 saturated carbocycles. The van der Waals surface area contributed by atoms with E-state index in [0.29, 0.717) is 11.7 Å². The third kappa shape index (κ3) is 5.16. The summed E-state index contributed by atoms with van der Waals surface area (Å²) in [5, 5.41) is 20.1. The molecule has 0 aliphatic carbocycles. The van der Waals surface area contributed by atoms with Crippen molar-refractivity contribution in [1.82, 2.24) is 34.7 Å². The van der Waals surface area contributed by atoms with Gasteiger partial charge in [0.2, 0.25) is 0 Å². The Morgan fingerprint density at radius 3 is 2.74 bits per heavy atom. The smallest absolute Gasteiger partial charge is 0.170 e. The van der Waals surface area contributed by atoms with Crippen molar-refractivity contribution in [3.8, 4) is 0 Å². The summed E-state index contributed by atoms with van der Waals surface area (Å²) >= 11 is 5.35. The predicted octanol–water partition coefficient (Wildman–Crippen LogP) is 2.34. The van der Waals surface area contributed by atoms with Gasteiger partial charge in [0, 0.05) is 43.3 Å². The molecule has 3 aromatic heterocycles. The quantitative estimate of drug-likeness (QED) is 0.457. The number of anilines is 1. The summed E-state index contributed by atoms with van der Waals surface area (Å²) in [6, 6.07) is 2.01. The second-order valence-corrected chi connectivity index (χ2v) is 6.86. The molecular weight excluding hydrogens is 360 g/mol. The van der Waals surface area contributed by atoms with Crippen LogP contribution in [0.5, 0.6) is 0 Å². The highest BCUT2D eigenvalue weighted by atomic mass is 32.1. The van der Waals surface area contributed by atoms with Crippen molar-refractivity contribution in [2.24, 2.45) is 0 Å². The minimum absolute atomic E-state index is 0.598. The lowest BCUT2D eigenvalue weighted by Crippen LogP contribution is -2.29. The minimum Gasteiger partial charge on any atom is -0.362 e. The first-order valence-electron chi connectivity index (χ1n) is 9.14. The number of hydrogen-bond acceptors (Lipinski definition) is 4. The van der Waals surface area contributed by atoms with Gasteiger partial charge in [-0.15, -0.1) is 0 Å². The summed E-state index contributed by atoms with van der Waals surface area (Å²) in [5.74, 6) is 0. The van der Waals surface area contributed by atoms with Crippen molar-refractivity contribution in [3.63, 3.8) is 0 Å². The summed E-state index contributed by atoms with van der Waals surface area (Å²) in [4.78, 5) is 0. The maximum absolute atomic E-state index is 5.35. The van der Waals surface area contributed by atoms with Crippen LogP contribution in [0.2, 0.25) is 0 Å². The average molecular weight is 387 g/mol. The first-order chi connectivity index (χ1) is 13.0. The molecule has 0 atom stereocenters. The number of aromatic nitrogens is 6. The Labute approximate surface area is 164 Å². The maximum Gasteiger partial charge on any atom is 0.170 e. The Morgan fingerprint density at radius 2 is 2.04 bits per heavy atom. The Balaban J connectivity index is 1.42. The second kappa shape index (κ2) is 8.81. The van der Waals surface area contributed by atoms with Crippen LogP contribution in [0.3, 0.4) is 0 Å². The van der Waals surface area contributed by atoms with Gasteiger partial charge >= 0.3 is 0 Å². The molecule has 2 N–H and O–H groups in total. The fraction of sp³-hybridized carbons (Fsp3) is 0.444. The van der Waals surface area contributed by atoms with Crippen molar-refractivity contribution in [2.75, 3.05) is 11.9 Å².